The lowest BCUT2D eigenvalue weighted by Crippen LogP contribution is -2.27. The van der Waals surface area contributed by atoms with E-state index in [0.717, 1.165) is 25.7 Å². The summed E-state index contributed by atoms with van der Waals surface area (Å²) in [6.07, 6.45) is 49.4. The van der Waals surface area contributed by atoms with Gasteiger partial charge in [-0.3, -0.25) is 4.79 Å². The zero-order chi connectivity index (χ0) is 34.1. The Kier molecular flexibility index (Phi) is 40.1. The molecule has 0 amide bonds. The van der Waals surface area contributed by atoms with Crippen molar-refractivity contribution < 1.29 is 19.4 Å². The van der Waals surface area contributed by atoms with Gasteiger partial charge in [-0.2, -0.15) is 0 Å². The number of aliphatic hydroxyl groups excluding tert-OH is 1. The van der Waals surface area contributed by atoms with Crippen molar-refractivity contribution >= 4 is 5.97 Å². The summed E-state index contributed by atoms with van der Waals surface area (Å²) in [6, 6.07) is 0. The molecule has 0 aliphatic rings. The predicted molar refractivity (Wildman–Crippen MR) is 205 cm³/mol. The number of aliphatic hydroxyl groups is 1. The number of carbonyl (C=O) groups excluding carboxylic acids is 1. The van der Waals surface area contributed by atoms with Crippen molar-refractivity contribution in [1.82, 2.24) is 0 Å². The zero-order valence-corrected chi connectivity index (χ0v) is 31.8. The average Bonchev–Trinajstić information content (AvgIpc) is 3.08. The Morgan fingerprint density at radius 1 is 0.511 bits per heavy atom. The Morgan fingerprint density at radius 2 is 0.894 bits per heavy atom. The monoisotopic (exact) mass is 663 g/mol. The van der Waals surface area contributed by atoms with Gasteiger partial charge in [0.15, 0.2) is 0 Å². The maximum atomic E-state index is 12.2. The molecule has 0 aromatic heterocycles. The van der Waals surface area contributed by atoms with Gasteiger partial charge >= 0.3 is 5.97 Å². The van der Waals surface area contributed by atoms with Crippen LogP contribution in [0.1, 0.15) is 219 Å². The molecule has 278 valence electrons. The second-order valence-corrected chi connectivity index (χ2v) is 14.1. The van der Waals surface area contributed by atoms with Gasteiger partial charge in [0.1, 0.15) is 6.10 Å². The molecule has 0 rings (SSSR count). The third-order valence-electron chi connectivity index (χ3n) is 9.28. The standard InChI is InChI=1S/C43H82O4/c1-3-5-7-9-11-13-15-17-19-21-22-24-26-28-30-32-34-36-38-43(45)47-42(40-44)41-46-39-37-35-33-31-29-27-25-23-20-18-16-14-12-10-8-6-4-2/h14,16,20,23,42,44H,3-13,15,17-19,21-22,24-41H2,1-2H3/b16-14-,23-20-. The van der Waals surface area contributed by atoms with Crippen LogP contribution in [0.5, 0.6) is 0 Å². The molecule has 0 bridgehead atoms. The first-order chi connectivity index (χ1) is 23.2. The van der Waals surface area contributed by atoms with Crippen molar-refractivity contribution in [3.63, 3.8) is 0 Å². The molecule has 1 unspecified atom stereocenters. The predicted octanol–water partition coefficient (Wildman–Crippen LogP) is 13.5. The molecule has 0 radical (unpaired) electrons. The summed E-state index contributed by atoms with van der Waals surface area (Å²) >= 11 is 0. The maximum absolute atomic E-state index is 12.2. The highest BCUT2D eigenvalue weighted by Gasteiger charge is 2.13. The highest BCUT2D eigenvalue weighted by atomic mass is 16.6. The van der Waals surface area contributed by atoms with Crippen molar-refractivity contribution in [2.45, 2.75) is 225 Å². The lowest BCUT2D eigenvalue weighted by Gasteiger charge is -2.15. The van der Waals surface area contributed by atoms with Gasteiger partial charge in [0.2, 0.25) is 0 Å². The Balaban J connectivity index is 3.41. The van der Waals surface area contributed by atoms with Crippen LogP contribution in [0.15, 0.2) is 24.3 Å². The number of hydrogen-bond donors (Lipinski definition) is 1. The number of carbonyl (C=O) groups is 1. The molecular formula is C43H82O4. The fourth-order valence-electron chi connectivity index (χ4n) is 6.12. The van der Waals surface area contributed by atoms with Gasteiger partial charge in [0.25, 0.3) is 0 Å². The van der Waals surface area contributed by atoms with Crippen LogP contribution in [-0.2, 0) is 14.3 Å². The summed E-state index contributed by atoms with van der Waals surface area (Å²) in [5.74, 6) is -0.201. The lowest BCUT2D eigenvalue weighted by atomic mass is 10.0. The molecule has 0 aromatic rings. The largest absolute Gasteiger partial charge is 0.457 e. The first kappa shape index (κ1) is 45.9. The molecule has 0 fully saturated rings. The number of hydrogen-bond acceptors (Lipinski definition) is 4. The first-order valence-electron chi connectivity index (χ1n) is 20.9. The number of esters is 1. The van der Waals surface area contributed by atoms with E-state index < -0.39 is 6.10 Å². The summed E-state index contributed by atoms with van der Waals surface area (Å²) in [5, 5.41) is 9.59. The van der Waals surface area contributed by atoms with Gasteiger partial charge in [0, 0.05) is 13.0 Å². The Morgan fingerprint density at radius 3 is 1.34 bits per heavy atom. The molecule has 0 aromatic carbocycles. The van der Waals surface area contributed by atoms with E-state index in [1.807, 2.05) is 0 Å². The van der Waals surface area contributed by atoms with E-state index in [9.17, 15) is 9.90 Å². The number of rotatable bonds is 39. The van der Waals surface area contributed by atoms with Crippen molar-refractivity contribution in [3.05, 3.63) is 24.3 Å². The summed E-state index contributed by atoms with van der Waals surface area (Å²) in [7, 11) is 0. The third-order valence-corrected chi connectivity index (χ3v) is 9.28. The highest BCUT2D eigenvalue weighted by Crippen LogP contribution is 2.15. The molecule has 0 aliphatic carbocycles. The number of allylic oxidation sites excluding steroid dienone is 4. The molecule has 0 heterocycles. The topological polar surface area (TPSA) is 55.8 Å². The van der Waals surface area contributed by atoms with Crippen LogP contribution in [0.4, 0.5) is 0 Å². The molecule has 4 heteroatoms. The van der Waals surface area contributed by atoms with Crippen LogP contribution in [0.2, 0.25) is 0 Å². The molecule has 1 atom stereocenters. The smallest absolute Gasteiger partial charge is 0.306 e. The van der Waals surface area contributed by atoms with Crippen LogP contribution < -0.4 is 0 Å². The summed E-state index contributed by atoms with van der Waals surface area (Å²) in [4.78, 5) is 12.2. The molecule has 0 spiro atoms. The molecule has 0 aliphatic heterocycles. The second-order valence-electron chi connectivity index (χ2n) is 14.1. The van der Waals surface area contributed by atoms with Crippen molar-refractivity contribution in [2.75, 3.05) is 19.8 Å². The van der Waals surface area contributed by atoms with E-state index >= 15 is 0 Å². The average molecular weight is 663 g/mol. The number of ether oxygens (including phenoxy) is 2. The van der Waals surface area contributed by atoms with Crippen LogP contribution in [0, 0.1) is 0 Å². The van der Waals surface area contributed by atoms with Crippen LogP contribution in [0.25, 0.3) is 0 Å². The Hall–Kier alpha value is -1.13. The van der Waals surface area contributed by atoms with Crippen LogP contribution >= 0.6 is 0 Å². The minimum Gasteiger partial charge on any atom is -0.457 e. The van der Waals surface area contributed by atoms with Crippen LogP contribution in [-0.4, -0.2) is 37.0 Å². The minimum atomic E-state index is -0.535. The first-order valence-corrected chi connectivity index (χ1v) is 20.9. The van der Waals surface area contributed by atoms with E-state index in [2.05, 4.69) is 38.2 Å². The maximum Gasteiger partial charge on any atom is 0.306 e. The van der Waals surface area contributed by atoms with Crippen LogP contribution in [0.3, 0.4) is 0 Å². The van der Waals surface area contributed by atoms with Crippen molar-refractivity contribution in [1.29, 1.82) is 0 Å². The molecule has 4 nitrogen and oxygen atoms in total. The lowest BCUT2D eigenvalue weighted by molar-refractivity contribution is -0.154. The summed E-state index contributed by atoms with van der Waals surface area (Å²) < 4.78 is 11.1. The van der Waals surface area contributed by atoms with Crippen molar-refractivity contribution in [3.8, 4) is 0 Å². The quantitative estimate of drug-likeness (QED) is 0.0404. The molecule has 0 saturated heterocycles. The van der Waals surface area contributed by atoms with Gasteiger partial charge < -0.3 is 14.6 Å². The van der Waals surface area contributed by atoms with E-state index in [-0.39, 0.29) is 12.6 Å². The molecule has 0 saturated carbocycles. The van der Waals surface area contributed by atoms with E-state index in [1.165, 1.54) is 173 Å². The van der Waals surface area contributed by atoms with Crippen molar-refractivity contribution in [2.24, 2.45) is 0 Å². The summed E-state index contributed by atoms with van der Waals surface area (Å²) in [5.41, 5.74) is 0. The van der Waals surface area contributed by atoms with E-state index in [1.54, 1.807) is 0 Å². The zero-order valence-electron chi connectivity index (χ0n) is 31.8. The van der Waals surface area contributed by atoms with Gasteiger partial charge in [-0.05, 0) is 44.9 Å². The third kappa shape index (κ3) is 39.2. The normalized spacial score (nSPS) is 12.5. The fraction of sp³-hybridized carbons (Fsp3) is 0.884. The second kappa shape index (κ2) is 41.0. The van der Waals surface area contributed by atoms with Gasteiger partial charge in [0.05, 0.1) is 13.2 Å². The Labute approximate surface area is 294 Å². The molecular weight excluding hydrogens is 580 g/mol. The molecule has 47 heavy (non-hydrogen) atoms. The van der Waals surface area contributed by atoms with E-state index in [4.69, 9.17) is 9.47 Å². The minimum absolute atomic E-state index is 0.172. The van der Waals surface area contributed by atoms with Gasteiger partial charge in [-0.1, -0.05) is 192 Å². The highest BCUT2D eigenvalue weighted by molar-refractivity contribution is 5.69. The summed E-state index contributed by atoms with van der Waals surface area (Å²) in [6.45, 7) is 5.34. The van der Waals surface area contributed by atoms with E-state index in [0.29, 0.717) is 19.6 Å². The Bertz CT molecular complexity index is 658. The SMILES string of the molecule is CCCCCC/C=C\C/C=C\CCCCCCCCOCC(CO)OC(=O)CCCCCCCCCCCCCCCCCCCC. The number of unbranched alkanes of at least 4 members (excludes halogenated alkanes) is 27. The fourth-order valence-corrected chi connectivity index (χ4v) is 6.12. The van der Waals surface area contributed by atoms with Gasteiger partial charge in [-0.15, -0.1) is 0 Å². The van der Waals surface area contributed by atoms with Gasteiger partial charge in [-0.25, -0.2) is 0 Å². The molecule has 1 N–H and O–H groups in total.